The second-order valence-corrected chi connectivity index (χ2v) is 12.1. The number of rotatable bonds is 5. The highest BCUT2D eigenvalue weighted by Gasteiger charge is 2.37. The van der Waals surface area contributed by atoms with Gasteiger partial charge in [-0.05, 0) is 112 Å². The van der Waals surface area contributed by atoms with Gasteiger partial charge in [-0.1, -0.05) is 0 Å². The summed E-state index contributed by atoms with van der Waals surface area (Å²) in [6.45, 7) is 11.4. The number of carboxylic acid groups (broad SMARTS) is 1. The molecular formula is C33H34F3NO5. The Morgan fingerprint density at radius 2 is 1.55 bits per heavy atom. The van der Waals surface area contributed by atoms with Gasteiger partial charge in [0.15, 0.2) is 17.7 Å². The van der Waals surface area contributed by atoms with Gasteiger partial charge in [0.05, 0.1) is 12.2 Å². The van der Waals surface area contributed by atoms with Crippen molar-refractivity contribution in [1.82, 2.24) is 4.90 Å². The van der Waals surface area contributed by atoms with E-state index in [4.69, 9.17) is 9.47 Å². The van der Waals surface area contributed by atoms with Gasteiger partial charge in [0.2, 0.25) is 0 Å². The van der Waals surface area contributed by atoms with Crippen LogP contribution in [-0.2, 0) is 29.0 Å². The van der Waals surface area contributed by atoms with Crippen LogP contribution in [0.2, 0.25) is 0 Å². The first-order chi connectivity index (χ1) is 19.7. The number of carbonyl (C=O) groups excluding carboxylic acids is 1. The zero-order chi connectivity index (χ0) is 30.7. The van der Waals surface area contributed by atoms with Crippen molar-refractivity contribution in [3.63, 3.8) is 0 Å². The maximum Gasteiger partial charge on any atom is 0.337 e. The number of carboxylic acids is 1. The Morgan fingerprint density at radius 1 is 0.929 bits per heavy atom. The van der Waals surface area contributed by atoms with E-state index in [0.29, 0.717) is 46.9 Å². The lowest BCUT2D eigenvalue weighted by Gasteiger charge is -2.31. The number of fused-ring (bicyclic) bond motifs is 2. The van der Waals surface area contributed by atoms with Crippen LogP contribution in [0.3, 0.4) is 0 Å². The maximum absolute atomic E-state index is 15.5. The van der Waals surface area contributed by atoms with Gasteiger partial charge in [0, 0.05) is 35.8 Å². The molecule has 1 N–H and O–H groups in total. The highest BCUT2D eigenvalue weighted by atomic mass is 19.1. The molecule has 0 radical (unpaired) electrons. The van der Waals surface area contributed by atoms with Crippen LogP contribution >= 0.6 is 0 Å². The molecule has 0 fully saturated rings. The molecule has 222 valence electrons. The minimum Gasteiger partial charge on any atom is -0.490 e. The zero-order valence-electron chi connectivity index (χ0n) is 24.6. The molecule has 0 saturated carbocycles. The number of ether oxygens (including phenoxy) is 2. The Labute approximate surface area is 243 Å². The second-order valence-electron chi connectivity index (χ2n) is 12.1. The third-order valence-electron chi connectivity index (χ3n) is 8.08. The number of benzene rings is 3. The molecule has 0 saturated heterocycles. The van der Waals surface area contributed by atoms with Gasteiger partial charge in [-0.25, -0.2) is 18.0 Å². The number of hydrogen-bond donors (Lipinski definition) is 1. The SMILES string of the molecule is Cc1c(-c2c(C)c3c(c(C)c2[C@H](OC(C)(C)C)C(=O)O)CN(C(=O)c2cc(F)cc(F)c2)C3)cc(F)c2c1CCCO2. The van der Waals surface area contributed by atoms with E-state index in [1.807, 2.05) is 13.8 Å². The number of halogens is 3. The van der Waals surface area contributed by atoms with Crippen molar-refractivity contribution in [2.45, 2.75) is 79.2 Å². The molecule has 6 nitrogen and oxygen atoms in total. The summed E-state index contributed by atoms with van der Waals surface area (Å²) < 4.78 is 55.1. The van der Waals surface area contributed by atoms with Gasteiger partial charge in [0.25, 0.3) is 5.91 Å². The molecule has 3 aromatic carbocycles. The lowest BCUT2D eigenvalue weighted by molar-refractivity contribution is -0.160. The highest BCUT2D eigenvalue weighted by molar-refractivity contribution is 5.95. The molecule has 2 aliphatic heterocycles. The van der Waals surface area contributed by atoms with E-state index in [1.54, 1.807) is 27.7 Å². The largest absolute Gasteiger partial charge is 0.490 e. The van der Waals surface area contributed by atoms with Crippen LogP contribution in [0, 0.1) is 38.2 Å². The molecule has 3 aromatic rings. The lowest BCUT2D eigenvalue weighted by Crippen LogP contribution is -2.29. The van der Waals surface area contributed by atoms with Gasteiger partial charge in [-0.3, -0.25) is 4.79 Å². The van der Waals surface area contributed by atoms with Crippen LogP contribution < -0.4 is 4.74 Å². The molecule has 9 heteroatoms. The fraction of sp³-hybridized carbons (Fsp3) is 0.394. The van der Waals surface area contributed by atoms with Crippen molar-refractivity contribution in [3.05, 3.63) is 86.2 Å². The van der Waals surface area contributed by atoms with Crippen LogP contribution in [0.1, 0.15) is 82.6 Å². The molecule has 0 unspecified atom stereocenters. The van der Waals surface area contributed by atoms with E-state index < -0.39 is 41.0 Å². The van der Waals surface area contributed by atoms with Crippen molar-refractivity contribution in [3.8, 4) is 16.9 Å². The Balaban J connectivity index is 1.74. The summed E-state index contributed by atoms with van der Waals surface area (Å²) in [5.41, 5.74) is 4.87. The van der Waals surface area contributed by atoms with Gasteiger partial charge >= 0.3 is 5.97 Å². The molecule has 2 heterocycles. The zero-order valence-corrected chi connectivity index (χ0v) is 24.6. The maximum atomic E-state index is 15.5. The minimum atomic E-state index is -1.39. The molecule has 1 atom stereocenters. The summed E-state index contributed by atoms with van der Waals surface area (Å²) in [4.78, 5) is 27.6. The predicted octanol–water partition coefficient (Wildman–Crippen LogP) is 7.12. The van der Waals surface area contributed by atoms with Crippen LogP contribution in [0.5, 0.6) is 5.75 Å². The van der Waals surface area contributed by atoms with E-state index in [0.717, 1.165) is 40.8 Å². The van der Waals surface area contributed by atoms with E-state index >= 15 is 4.39 Å². The van der Waals surface area contributed by atoms with Crippen molar-refractivity contribution < 1.29 is 37.3 Å². The third-order valence-corrected chi connectivity index (χ3v) is 8.08. The van der Waals surface area contributed by atoms with Gasteiger partial charge in [-0.2, -0.15) is 0 Å². The highest BCUT2D eigenvalue weighted by Crippen LogP contribution is 2.47. The second kappa shape index (κ2) is 10.8. The fourth-order valence-electron chi connectivity index (χ4n) is 6.20. The van der Waals surface area contributed by atoms with Crippen molar-refractivity contribution in [1.29, 1.82) is 0 Å². The third kappa shape index (κ3) is 5.26. The first-order valence-electron chi connectivity index (χ1n) is 13.9. The number of hydrogen-bond acceptors (Lipinski definition) is 4. The molecule has 0 aliphatic carbocycles. The van der Waals surface area contributed by atoms with E-state index in [1.165, 1.54) is 11.0 Å². The minimum absolute atomic E-state index is 0.111. The predicted molar refractivity (Wildman–Crippen MR) is 151 cm³/mol. The molecular weight excluding hydrogens is 547 g/mol. The van der Waals surface area contributed by atoms with Gasteiger partial charge < -0.3 is 19.5 Å². The van der Waals surface area contributed by atoms with Gasteiger partial charge in [0.1, 0.15) is 11.6 Å². The van der Waals surface area contributed by atoms with Gasteiger partial charge in [-0.15, -0.1) is 0 Å². The standard InChI is InChI=1S/C33H34F3NO5/c1-16-22-8-7-9-41-29(22)26(36)13-23(16)27-17(2)24-14-37(31(38)19-10-20(34)12-21(35)11-19)15-25(24)18(3)28(27)30(32(39)40)42-33(4,5)6/h10-13,30H,7-9,14-15H2,1-6H3,(H,39,40)/t30-/m0/s1. The van der Waals surface area contributed by atoms with E-state index in [9.17, 15) is 23.5 Å². The molecule has 5 rings (SSSR count). The average molecular weight is 582 g/mol. The fourth-order valence-corrected chi connectivity index (χ4v) is 6.20. The van der Waals surface area contributed by atoms with Crippen molar-refractivity contribution in [2.75, 3.05) is 6.61 Å². The van der Waals surface area contributed by atoms with E-state index in [2.05, 4.69) is 0 Å². The lowest BCUT2D eigenvalue weighted by atomic mass is 9.81. The molecule has 2 aliphatic rings. The number of carbonyl (C=O) groups is 2. The Kier molecular flexibility index (Phi) is 7.60. The summed E-state index contributed by atoms with van der Waals surface area (Å²) in [7, 11) is 0. The average Bonchev–Trinajstić information content (AvgIpc) is 3.36. The number of aliphatic carboxylic acids is 1. The van der Waals surface area contributed by atoms with Crippen LogP contribution in [0.15, 0.2) is 24.3 Å². The number of amides is 1. The monoisotopic (exact) mass is 581 g/mol. The quantitative estimate of drug-likeness (QED) is 0.347. The molecule has 42 heavy (non-hydrogen) atoms. The summed E-state index contributed by atoms with van der Waals surface area (Å²) in [5, 5.41) is 10.4. The van der Waals surface area contributed by atoms with Crippen molar-refractivity contribution in [2.24, 2.45) is 0 Å². The van der Waals surface area contributed by atoms with Crippen LogP contribution in [-0.4, -0.2) is 34.1 Å². The number of nitrogens with zero attached hydrogens (tertiary/aromatic N) is 1. The smallest absolute Gasteiger partial charge is 0.337 e. The first kappa shape index (κ1) is 29.6. The summed E-state index contributed by atoms with van der Waals surface area (Å²) in [6.07, 6.45) is -0.0350. The Morgan fingerprint density at radius 3 is 2.14 bits per heavy atom. The molecule has 0 bridgehead atoms. The summed E-state index contributed by atoms with van der Waals surface area (Å²) in [5.74, 6) is -3.77. The normalized spacial score (nSPS) is 15.2. The molecule has 1 amide bonds. The van der Waals surface area contributed by atoms with Crippen LogP contribution in [0.4, 0.5) is 13.2 Å². The van der Waals surface area contributed by atoms with E-state index in [-0.39, 0.29) is 24.4 Å². The molecule has 0 aromatic heterocycles. The Hall–Kier alpha value is -3.85. The topological polar surface area (TPSA) is 76.1 Å². The molecule has 0 spiro atoms. The summed E-state index contributed by atoms with van der Waals surface area (Å²) in [6, 6.07) is 4.07. The van der Waals surface area contributed by atoms with Crippen molar-refractivity contribution >= 4 is 11.9 Å². The first-order valence-corrected chi connectivity index (χ1v) is 13.9. The summed E-state index contributed by atoms with van der Waals surface area (Å²) >= 11 is 0. The van der Waals surface area contributed by atoms with Crippen LogP contribution in [0.25, 0.3) is 11.1 Å². The Bertz CT molecular complexity index is 1610.